The molecular formula is C19H14FN5O. The predicted octanol–water partition coefficient (Wildman–Crippen LogP) is 3.45. The summed E-state index contributed by atoms with van der Waals surface area (Å²) in [7, 11) is 0. The fourth-order valence-electron chi connectivity index (χ4n) is 2.53. The van der Waals surface area contributed by atoms with Crippen molar-refractivity contribution in [3.05, 3.63) is 90.8 Å². The zero-order chi connectivity index (χ0) is 17.9. The molecule has 0 aliphatic carbocycles. The third-order valence-corrected chi connectivity index (χ3v) is 3.82. The van der Waals surface area contributed by atoms with Gasteiger partial charge >= 0.3 is 0 Å². The Hall–Kier alpha value is -3.74. The number of hydrogen-bond donors (Lipinski definition) is 1. The third-order valence-electron chi connectivity index (χ3n) is 3.82. The van der Waals surface area contributed by atoms with Crippen LogP contribution in [-0.4, -0.2) is 25.5 Å². The summed E-state index contributed by atoms with van der Waals surface area (Å²) in [6.45, 7) is 0. The number of para-hydroxylation sites is 1. The number of aromatic nitrogens is 4. The van der Waals surface area contributed by atoms with E-state index in [-0.39, 0.29) is 17.3 Å². The molecule has 0 unspecified atom stereocenters. The van der Waals surface area contributed by atoms with Crippen molar-refractivity contribution >= 4 is 11.6 Å². The largest absolute Gasteiger partial charge is 0.321 e. The minimum absolute atomic E-state index is 0.199. The fourth-order valence-corrected chi connectivity index (χ4v) is 2.53. The van der Waals surface area contributed by atoms with E-state index in [4.69, 9.17) is 0 Å². The molecule has 0 spiro atoms. The molecule has 128 valence electrons. The average molecular weight is 347 g/mol. The Labute approximate surface area is 148 Å². The van der Waals surface area contributed by atoms with Gasteiger partial charge in [0.2, 0.25) is 0 Å². The second kappa shape index (κ2) is 6.64. The van der Waals surface area contributed by atoms with E-state index in [0.717, 1.165) is 5.69 Å². The highest BCUT2D eigenvalue weighted by Crippen LogP contribution is 2.15. The number of halogens is 1. The highest BCUT2D eigenvalue weighted by Gasteiger charge is 2.12. The molecule has 1 N–H and O–H groups in total. The molecule has 4 rings (SSSR count). The summed E-state index contributed by atoms with van der Waals surface area (Å²) in [5.74, 6) is -0.774. The van der Waals surface area contributed by atoms with Crippen LogP contribution in [-0.2, 0) is 0 Å². The van der Waals surface area contributed by atoms with Crippen LogP contribution in [0.2, 0.25) is 0 Å². The third kappa shape index (κ3) is 3.10. The molecule has 0 saturated carbocycles. The maximum absolute atomic E-state index is 13.8. The van der Waals surface area contributed by atoms with E-state index >= 15 is 0 Å². The molecule has 0 bridgehead atoms. The van der Waals surface area contributed by atoms with Crippen LogP contribution < -0.4 is 5.32 Å². The lowest BCUT2D eigenvalue weighted by molar-refractivity contribution is 0.102. The van der Waals surface area contributed by atoms with Crippen LogP contribution in [0.25, 0.3) is 11.4 Å². The Morgan fingerprint density at radius 3 is 2.46 bits per heavy atom. The molecule has 7 heteroatoms. The summed E-state index contributed by atoms with van der Waals surface area (Å²) in [5, 5.41) is 11.1. The Bertz CT molecular complexity index is 1040. The first-order valence-electron chi connectivity index (χ1n) is 7.93. The first kappa shape index (κ1) is 15.8. The van der Waals surface area contributed by atoms with E-state index in [1.54, 1.807) is 53.5 Å². The molecule has 0 atom stereocenters. The summed E-state index contributed by atoms with van der Waals surface area (Å²) in [6, 6.07) is 16.9. The average Bonchev–Trinajstić information content (AvgIpc) is 3.35. The van der Waals surface area contributed by atoms with Gasteiger partial charge in [0, 0.05) is 24.3 Å². The van der Waals surface area contributed by atoms with Crippen LogP contribution in [0.4, 0.5) is 10.1 Å². The fraction of sp³-hybridized carbons (Fsp3) is 0. The van der Waals surface area contributed by atoms with Gasteiger partial charge in [-0.2, -0.15) is 10.2 Å². The van der Waals surface area contributed by atoms with Gasteiger partial charge in [-0.1, -0.05) is 12.1 Å². The molecule has 2 heterocycles. The van der Waals surface area contributed by atoms with Crippen molar-refractivity contribution in [1.82, 2.24) is 19.6 Å². The summed E-state index contributed by atoms with van der Waals surface area (Å²) >= 11 is 0. The van der Waals surface area contributed by atoms with Crippen LogP contribution in [0, 0.1) is 5.82 Å². The van der Waals surface area contributed by atoms with Gasteiger partial charge in [-0.05, 0) is 48.5 Å². The number of benzene rings is 2. The number of rotatable bonds is 4. The number of carbonyl (C=O) groups is 1. The minimum Gasteiger partial charge on any atom is -0.321 e. The second-order valence-electron chi connectivity index (χ2n) is 5.55. The lowest BCUT2D eigenvalue weighted by Gasteiger charge is -2.06. The van der Waals surface area contributed by atoms with Gasteiger partial charge in [0.25, 0.3) is 5.91 Å². The summed E-state index contributed by atoms with van der Waals surface area (Å²) in [6.07, 6.45) is 5.08. The zero-order valence-corrected chi connectivity index (χ0v) is 13.6. The van der Waals surface area contributed by atoms with Gasteiger partial charge in [-0.15, -0.1) is 0 Å². The van der Waals surface area contributed by atoms with Crippen molar-refractivity contribution in [2.75, 3.05) is 5.32 Å². The van der Waals surface area contributed by atoms with Gasteiger partial charge < -0.3 is 5.32 Å². The highest BCUT2D eigenvalue weighted by molar-refractivity contribution is 6.02. The Morgan fingerprint density at radius 2 is 1.73 bits per heavy atom. The monoisotopic (exact) mass is 347 g/mol. The van der Waals surface area contributed by atoms with Gasteiger partial charge in [-0.25, -0.2) is 13.8 Å². The molecule has 6 nitrogen and oxygen atoms in total. The Balaban J connectivity index is 1.49. The van der Waals surface area contributed by atoms with E-state index < -0.39 is 5.82 Å². The van der Waals surface area contributed by atoms with E-state index in [1.807, 2.05) is 24.4 Å². The summed E-state index contributed by atoms with van der Waals surface area (Å²) in [4.78, 5) is 12.4. The maximum Gasteiger partial charge on any atom is 0.276 e. The molecule has 4 aromatic rings. The van der Waals surface area contributed by atoms with E-state index in [0.29, 0.717) is 5.69 Å². The molecule has 0 radical (unpaired) electrons. The molecule has 26 heavy (non-hydrogen) atoms. The molecule has 0 aliphatic rings. The smallest absolute Gasteiger partial charge is 0.276 e. The summed E-state index contributed by atoms with van der Waals surface area (Å²) in [5.41, 5.74) is 2.00. The van der Waals surface area contributed by atoms with Crippen LogP contribution in [0.5, 0.6) is 0 Å². The first-order valence-corrected chi connectivity index (χ1v) is 7.93. The maximum atomic E-state index is 13.8. The standard InChI is InChI=1S/C19H14FN5O/c20-16-4-1-2-5-18(16)25-13-10-17(23-25)19(26)22-14-6-8-15(9-7-14)24-12-3-11-21-24/h1-13H,(H,22,26). The first-order chi connectivity index (χ1) is 12.7. The molecule has 2 aromatic heterocycles. The van der Waals surface area contributed by atoms with Crippen LogP contribution in [0.1, 0.15) is 10.5 Å². The van der Waals surface area contributed by atoms with Gasteiger partial charge in [0.15, 0.2) is 5.69 Å². The second-order valence-corrected chi connectivity index (χ2v) is 5.55. The predicted molar refractivity (Wildman–Crippen MR) is 95.0 cm³/mol. The van der Waals surface area contributed by atoms with Gasteiger partial charge in [-0.3, -0.25) is 4.79 Å². The van der Waals surface area contributed by atoms with Crippen molar-refractivity contribution in [3.63, 3.8) is 0 Å². The molecule has 1 amide bonds. The number of hydrogen-bond acceptors (Lipinski definition) is 3. The summed E-state index contributed by atoms with van der Waals surface area (Å²) < 4.78 is 16.9. The van der Waals surface area contributed by atoms with Gasteiger partial charge in [0.05, 0.1) is 5.69 Å². The van der Waals surface area contributed by atoms with Crippen molar-refractivity contribution in [2.24, 2.45) is 0 Å². The molecular weight excluding hydrogens is 333 g/mol. The minimum atomic E-state index is -0.406. The number of anilines is 1. The topological polar surface area (TPSA) is 64.7 Å². The van der Waals surface area contributed by atoms with Crippen molar-refractivity contribution in [3.8, 4) is 11.4 Å². The van der Waals surface area contributed by atoms with Gasteiger partial charge in [0.1, 0.15) is 11.5 Å². The molecule has 0 saturated heterocycles. The zero-order valence-electron chi connectivity index (χ0n) is 13.6. The van der Waals surface area contributed by atoms with Crippen LogP contribution >= 0.6 is 0 Å². The van der Waals surface area contributed by atoms with Crippen molar-refractivity contribution < 1.29 is 9.18 Å². The van der Waals surface area contributed by atoms with Crippen molar-refractivity contribution in [1.29, 1.82) is 0 Å². The van der Waals surface area contributed by atoms with Crippen LogP contribution in [0.15, 0.2) is 79.3 Å². The number of carbonyl (C=O) groups excluding carboxylic acids is 1. The number of amides is 1. The van der Waals surface area contributed by atoms with E-state index in [1.165, 1.54) is 10.7 Å². The Kier molecular flexibility index (Phi) is 4.03. The SMILES string of the molecule is O=C(Nc1ccc(-n2cccn2)cc1)c1ccn(-c2ccccc2F)n1. The molecule has 0 aliphatic heterocycles. The lowest BCUT2D eigenvalue weighted by Crippen LogP contribution is -2.13. The highest BCUT2D eigenvalue weighted by atomic mass is 19.1. The number of nitrogens with zero attached hydrogens (tertiary/aromatic N) is 4. The normalized spacial score (nSPS) is 10.7. The molecule has 0 fully saturated rings. The quantitative estimate of drug-likeness (QED) is 0.615. The van der Waals surface area contributed by atoms with E-state index in [9.17, 15) is 9.18 Å². The van der Waals surface area contributed by atoms with Crippen LogP contribution in [0.3, 0.4) is 0 Å². The molecule has 2 aromatic carbocycles. The van der Waals surface area contributed by atoms with E-state index in [2.05, 4.69) is 15.5 Å². The Morgan fingerprint density at radius 1 is 0.923 bits per heavy atom. The number of nitrogens with one attached hydrogen (secondary N) is 1. The lowest BCUT2D eigenvalue weighted by atomic mass is 10.2. The van der Waals surface area contributed by atoms with Crippen molar-refractivity contribution in [2.45, 2.75) is 0 Å².